The number of thiazole rings is 1. The van der Waals surface area contributed by atoms with Gasteiger partial charge in [-0.1, -0.05) is 30.3 Å². The van der Waals surface area contributed by atoms with Crippen LogP contribution >= 0.6 is 11.3 Å². The summed E-state index contributed by atoms with van der Waals surface area (Å²) in [6.45, 7) is 3.76. The van der Waals surface area contributed by atoms with Crippen molar-refractivity contribution in [1.29, 1.82) is 0 Å². The van der Waals surface area contributed by atoms with Gasteiger partial charge in [-0.15, -0.1) is 11.3 Å². The summed E-state index contributed by atoms with van der Waals surface area (Å²) in [7, 11) is 0. The Bertz CT molecular complexity index is 796. The van der Waals surface area contributed by atoms with Crippen molar-refractivity contribution in [3.63, 3.8) is 0 Å². The number of H-pyrrole nitrogens is 1. The molecule has 7 heteroatoms. The Morgan fingerprint density at radius 2 is 2.04 bits per heavy atom. The summed E-state index contributed by atoms with van der Waals surface area (Å²) >= 11 is 1.54. The topological polar surface area (TPSA) is 83.6 Å². The van der Waals surface area contributed by atoms with Crippen LogP contribution in [0.3, 0.4) is 0 Å². The predicted molar refractivity (Wildman–Crippen MR) is 88.1 cm³/mol. The van der Waals surface area contributed by atoms with E-state index in [0.29, 0.717) is 11.6 Å². The van der Waals surface area contributed by atoms with E-state index in [4.69, 9.17) is 0 Å². The number of amides is 1. The van der Waals surface area contributed by atoms with Gasteiger partial charge in [0.15, 0.2) is 5.82 Å². The minimum absolute atomic E-state index is 0.105. The number of carbonyl (C=O) groups is 1. The molecule has 1 atom stereocenters. The standard InChI is InChI=1S/C16H17N5OS/c1-10-17-16(21-20-10)15(12-6-4-3-5-7-12)19-14(22)8-13-9-23-11(2)18-13/h3-7,9,15H,8H2,1-2H3,(H,19,22)(H,17,20,21)/t15-/m0/s1. The Labute approximate surface area is 138 Å². The van der Waals surface area contributed by atoms with E-state index in [-0.39, 0.29) is 18.4 Å². The molecule has 0 aliphatic carbocycles. The van der Waals surface area contributed by atoms with Crippen LogP contribution in [0.4, 0.5) is 0 Å². The molecule has 0 bridgehead atoms. The van der Waals surface area contributed by atoms with Crippen LogP contribution < -0.4 is 5.32 Å². The van der Waals surface area contributed by atoms with Gasteiger partial charge in [-0.3, -0.25) is 9.89 Å². The van der Waals surface area contributed by atoms with E-state index in [2.05, 4.69) is 25.5 Å². The lowest BCUT2D eigenvalue weighted by Gasteiger charge is -2.16. The number of nitrogens with one attached hydrogen (secondary N) is 2. The highest BCUT2D eigenvalue weighted by Gasteiger charge is 2.21. The van der Waals surface area contributed by atoms with E-state index < -0.39 is 0 Å². The second-order valence-electron chi connectivity index (χ2n) is 5.22. The van der Waals surface area contributed by atoms with Crippen LogP contribution in [0.15, 0.2) is 35.7 Å². The third kappa shape index (κ3) is 3.81. The lowest BCUT2D eigenvalue weighted by Crippen LogP contribution is -2.31. The molecular weight excluding hydrogens is 310 g/mol. The molecule has 23 heavy (non-hydrogen) atoms. The fourth-order valence-electron chi connectivity index (χ4n) is 2.30. The molecule has 0 saturated heterocycles. The minimum atomic E-state index is -0.381. The summed E-state index contributed by atoms with van der Waals surface area (Å²) in [6.07, 6.45) is 0.247. The van der Waals surface area contributed by atoms with Gasteiger partial charge in [-0.05, 0) is 19.4 Å². The average Bonchev–Trinajstić information content (AvgIpc) is 3.14. The first kappa shape index (κ1) is 15.4. The van der Waals surface area contributed by atoms with Crippen LogP contribution in [0, 0.1) is 13.8 Å². The van der Waals surface area contributed by atoms with Crippen LogP contribution in [-0.2, 0) is 11.2 Å². The summed E-state index contributed by atoms with van der Waals surface area (Å²) in [5.41, 5.74) is 1.72. The zero-order valence-corrected chi connectivity index (χ0v) is 13.7. The van der Waals surface area contributed by atoms with Crippen molar-refractivity contribution in [2.75, 3.05) is 0 Å². The number of nitrogens with zero attached hydrogens (tertiary/aromatic N) is 3. The molecule has 0 saturated carbocycles. The molecule has 0 spiro atoms. The molecule has 118 valence electrons. The molecule has 2 N–H and O–H groups in total. The molecule has 0 aliphatic heterocycles. The van der Waals surface area contributed by atoms with Crippen molar-refractivity contribution < 1.29 is 4.79 Å². The first-order chi connectivity index (χ1) is 11.1. The van der Waals surface area contributed by atoms with Gasteiger partial charge in [-0.2, -0.15) is 5.10 Å². The molecule has 6 nitrogen and oxygen atoms in total. The monoisotopic (exact) mass is 327 g/mol. The number of benzene rings is 1. The molecule has 0 radical (unpaired) electrons. The Kier molecular flexibility index (Phi) is 4.47. The van der Waals surface area contributed by atoms with E-state index in [1.807, 2.05) is 49.6 Å². The first-order valence-electron chi connectivity index (χ1n) is 7.26. The lowest BCUT2D eigenvalue weighted by molar-refractivity contribution is -0.121. The third-order valence-corrected chi connectivity index (χ3v) is 4.14. The highest BCUT2D eigenvalue weighted by molar-refractivity contribution is 7.09. The predicted octanol–water partition coefficient (Wildman–Crippen LogP) is 2.33. The second kappa shape index (κ2) is 6.70. The quantitative estimate of drug-likeness (QED) is 0.753. The van der Waals surface area contributed by atoms with Crippen LogP contribution in [0.1, 0.15) is 34.0 Å². The maximum absolute atomic E-state index is 12.4. The SMILES string of the molecule is Cc1nc([C@@H](NC(=O)Cc2csc(C)n2)c2ccccc2)n[nH]1. The first-order valence-corrected chi connectivity index (χ1v) is 8.14. The molecular formula is C16H17N5OS. The highest BCUT2D eigenvalue weighted by Crippen LogP contribution is 2.19. The summed E-state index contributed by atoms with van der Waals surface area (Å²) in [6, 6.07) is 9.31. The largest absolute Gasteiger partial charge is 0.342 e. The molecule has 0 aliphatic rings. The number of carbonyl (C=O) groups excluding carboxylic acids is 1. The fraction of sp³-hybridized carbons (Fsp3) is 0.250. The molecule has 3 aromatic rings. The number of aromatic nitrogens is 4. The Balaban J connectivity index is 1.80. The smallest absolute Gasteiger partial charge is 0.226 e. The van der Waals surface area contributed by atoms with Gasteiger partial charge in [0.25, 0.3) is 0 Å². The van der Waals surface area contributed by atoms with Gasteiger partial charge in [0, 0.05) is 5.38 Å². The number of rotatable bonds is 5. The van der Waals surface area contributed by atoms with Gasteiger partial charge < -0.3 is 5.32 Å². The summed E-state index contributed by atoms with van der Waals surface area (Å²) < 4.78 is 0. The second-order valence-corrected chi connectivity index (χ2v) is 6.29. The van der Waals surface area contributed by atoms with Crippen molar-refractivity contribution in [2.24, 2.45) is 0 Å². The normalized spacial score (nSPS) is 12.1. The highest BCUT2D eigenvalue weighted by atomic mass is 32.1. The molecule has 0 unspecified atom stereocenters. The van der Waals surface area contributed by atoms with Gasteiger partial charge in [0.2, 0.25) is 5.91 Å². The van der Waals surface area contributed by atoms with E-state index in [1.165, 1.54) is 0 Å². The zero-order valence-electron chi connectivity index (χ0n) is 12.9. The van der Waals surface area contributed by atoms with Crippen LogP contribution in [0.5, 0.6) is 0 Å². The maximum atomic E-state index is 12.4. The summed E-state index contributed by atoms with van der Waals surface area (Å²) in [5, 5.41) is 12.9. The molecule has 1 aromatic carbocycles. The van der Waals surface area contributed by atoms with Gasteiger partial charge >= 0.3 is 0 Å². The van der Waals surface area contributed by atoms with Crippen molar-refractivity contribution in [3.05, 3.63) is 63.6 Å². The Morgan fingerprint density at radius 3 is 2.65 bits per heavy atom. The lowest BCUT2D eigenvalue weighted by atomic mass is 10.1. The van der Waals surface area contributed by atoms with Crippen LogP contribution in [0.2, 0.25) is 0 Å². The van der Waals surface area contributed by atoms with E-state index in [0.717, 1.165) is 16.3 Å². The molecule has 1 amide bonds. The van der Waals surface area contributed by atoms with Crippen molar-refractivity contribution in [3.8, 4) is 0 Å². The average molecular weight is 327 g/mol. The summed E-state index contributed by atoms with van der Waals surface area (Å²) in [5.74, 6) is 1.16. The van der Waals surface area contributed by atoms with Gasteiger partial charge in [0.1, 0.15) is 11.9 Å². The number of aryl methyl sites for hydroxylation is 2. The van der Waals surface area contributed by atoms with E-state index in [9.17, 15) is 4.79 Å². The molecule has 2 aromatic heterocycles. The van der Waals surface area contributed by atoms with Crippen molar-refractivity contribution in [2.45, 2.75) is 26.3 Å². The minimum Gasteiger partial charge on any atom is -0.342 e. The van der Waals surface area contributed by atoms with Gasteiger partial charge in [-0.25, -0.2) is 9.97 Å². The molecule has 2 heterocycles. The number of hydrogen-bond donors (Lipinski definition) is 2. The zero-order chi connectivity index (χ0) is 16.2. The Hall–Kier alpha value is -2.54. The molecule has 0 fully saturated rings. The maximum Gasteiger partial charge on any atom is 0.226 e. The molecule has 3 rings (SSSR count). The van der Waals surface area contributed by atoms with E-state index >= 15 is 0 Å². The van der Waals surface area contributed by atoms with Crippen LogP contribution in [-0.4, -0.2) is 26.1 Å². The Morgan fingerprint density at radius 1 is 1.26 bits per heavy atom. The number of hydrogen-bond acceptors (Lipinski definition) is 5. The number of aromatic amines is 1. The van der Waals surface area contributed by atoms with Crippen molar-refractivity contribution >= 4 is 17.2 Å². The summed E-state index contributed by atoms with van der Waals surface area (Å²) in [4.78, 5) is 21.1. The van der Waals surface area contributed by atoms with Crippen molar-refractivity contribution in [1.82, 2.24) is 25.5 Å². The van der Waals surface area contributed by atoms with Crippen LogP contribution in [0.25, 0.3) is 0 Å². The van der Waals surface area contributed by atoms with Gasteiger partial charge in [0.05, 0.1) is 17.1 Å². The third-order valence-electron chi connectivity index (χ3n) is 3.32. The van der Waals surface area contributed by atoms with E-state index in [1.54, 1.807) is 11.3 Å². The fourth-order valence-corrected chi connectivity index (χ4v) is 2.91.